The molecule has 0 unspecified atom stereocenters. The van der Waals surface area contributed by atoms with Gasteiger partial charge in [0.05, 0.1) is 6.54 Å². The van der Waals surface area contributed by atoms with Crippen LogP contribution in [0, 0.1) is 0 Å². The fourth-order valence-electron chi connectivity index (χ4n) is 2.72. The molecule has 0 bridgehead atoms. The third-order valence-corrected chi connectivity index (χ3v) is 4.02. The maximum atomic E-state index is 4.76. The van der Waals surface area contributed by atoms with Crippen molar-refractivity contribution in [2.75, 3.05) is 0 Å². The summed E-state index contributed by atoms with van der Waals surface area (Å²) >= 11 is 0. The van der Waals surface area contributed by atoms with E-state index in [2.05, 4.69) is 62.0 Å². The van der Waals surface area contributed by atoms with Crippen molar-refractivity contribution in [3.8, 4) is 0 Å². The van der Waals surface area contributed by atoms with E-state index in [1.807, 2.05) is 16.8 Å². The van der Waals surface area contributed by atoms with Crippen LogP contribution < -0.4 is 0 Å². The van der Waals surface area contributed by atoms with E-state index in [9.17, 15) is 0 Å². The van der Waals surface area contributed by atoms with Crippen molar-refractivity contribution in [2.45, 2.75) is 32.7 Å². The highest BCUT2D eigenvalue weighted by Crippen LogP contribution is 2.12. The van der Waals surface area contributed by atoms with Crippen LogP contribution in [0.5, 0.6) is 0 Å². The first-order valence-electron chi connectivity index (χ1n) is 8.46. The molecule has 3 heteroatoms. The summed E-state index contributed by atoms with van der Waals surface area (Å²) in [5.74, 6) is 1.96. The lowest BCUT2D eigenvalue weighted by Crippen LogP contribution is -2.07. The van der Waals surface area contributed by atoms with Gasteiger partial charge in [-0.3, -0.25) is 0 Å². The summed E-state index contributed by atoms with van der Waals surface area (Å²) in [5.41, 5.74) is 3.62. The molecule has 0 N–H and O–H groups in total. The van der Waals surface area contributed by atoms with Crippen LogP contribution >= 0.6 is 0 Å². The molecule has 1 aromatic heterocycles. The summed E-state index contributed by atoms with van der Waals surface area (Å²) in [6, 6.07) is 18.9. The first-order valence-corrected chi connectivity index (χ1v) is 8.46. The smallest absolute Gasteiger partial charge is 0.150 e. The summed E-state index contributed by atoms with van der Waals surface area (Å²) in [6.45, 7) is 6.71. The summed E-state index contributed by atoms with van der Waals surface area (Å²) in [7, 11) is 0. The van der Waals surface area contributed by atoms with E-state index in [0.29, 0.717) is 0 Å². The third kappa shape index (κ3) is 3.99. The molecule has 24 heavy (non-hydrogen) atoms. The van der Waals surface area contributed by atoms with Gasteiger partial charge in [0.1, 0.15) is 5.82 Å². The molecule has 0 saturated heterocycles. The van der Waals surface area contributed by atoms with E-state index >= 15 is 0 Å². The summed E-state index contributed by atoms with van der Waals surface area (Å²) in [4.78, 5) is 4.76. The molecule has 0 amide bonds. The zero-order valence-electron chi connectivity index (χ0n) is 14.2. The highest BCUT2D eigenvalue weighted by atomic mass is 15.3. The average molecular weight is 317 g/mol. The maximum Gasteiger partial charge on any atom is 0.150 e. The maximum absolute atomic E-state index is 4.76. The molecule has 0 fully saturated rings. The molecular weight excluding hydrogens is 294 g/mol. The van der Waals surface area contributed by atoms with Crippen LogP contribution in [0.1, 0.15) is 41.7 Å². The first kappa shape index (κ1) is 16.2. The quantitative estimate of drug-likeness (QED) is 0.642. The number of benzene rings is 2. The number of hydrogen-bond acceptors (Lipinski definition) is 2. The fourth-order valence-corrected chi connectivity index (χ4v) is 2.72. The van der Waals surface area contributed by atoms with E-state index in [1.54, 1.807) is 0 Å². The second kappa shape index (κ2) is 7.73. The van der Waals surface area contributed by atoms with Crippen molar-refractivity contribution in [3.05, 3.63) is 89.5 Å². The summed E-state index contributed by atoms with van der Waals surface area (Å²) in [5, 5.41) is 4.72. The zero-order valence-corrected chi connectivity index (χ0v) is 14.2. The molecule has 0 radical (unpaired) electrons. The van der Waals surface area contributed by atoms with Gasteiger partial charge in [-0.15, -0.1) is 0 Å². The van der Waals surface area contributed by atoms with Crippen molar-refractivity contribution in [1.29, 1.82) is 0 Å². The van der Waals surface area contributed by atoms with Crippen molar-refractivity contribution in [3.63, 3.8) is 0 Å². The van der Waals surface area contributed by atoms with Gasteiger partial charge in [0.25, 0.3) is 0 Å². The summed E-state index contributed by atoms with van der Waals surface area (Å²) in [6.07, 6.45) is 4.65. The number of aromatic nitrogens is 3. The van der Waals surface area contributed by atoms with E-state index in [0.717, 1.165) is 43.0 Å². The molecule has 0 aliphatic rings. The van der Waals surface area contributed by atoms with Gasteiger partial charge in [0.15, 0.2) is 5.82 Å². The van der Waals surface area contributed by atoms with Crippen LogP contribution in [0.4, 0.5) is 0 Å². The van der Waals surface area contributed by atoms with Gasteiger partial charge in [-0.2, -0.15) is 5.10 Å². The van der Waals surface area contributed by atoms with Gasteiger partial charge >= 0.3 is 0 Å². The molecule has 1 heterocycles. The first-order chi connectivity index (χ1) is 11.8. The Balaban J connectivity index is 1.85. The molecule has 0 aliphatic carbocycles. The molecule has 3 nitrogen and oxygen atoms in total. The Morgan fingerprint density at radius 2 is 1.75 bits per heavy atom. The summed E-state index contributed by atoms with van der Waals surface area (Å²) < 4.78 is 2.04. The lowest BCUT2D eigenvalue weighted by Gasteiger charge is -2.07. The molecule has 0 aliphatic heterocycles. The predicted molar refractivity (Wildman–Crippen MR) is 98.9 cm³/mol. The zero-order chi connectivity index (χ0) is 16.8. The molecular formula is C21H23N3. The van der Waals surface area contributed by atoms with Crippen molar-refractivity contribution in [1.82, 2.24) is 14.8 Å². The van der Waals surface area contributed by atoms with Crippen LogP contribution in [0.3, 0.4) is 0 Å². The van der Waals surface area contributed by atoms with E-state index in [4.69, 9.17) is 10.1 Å². The number of rotatable bonds is 7. The van der Waals surface area contributed by atoms with Crippen molar-refractivity contribution in [2.24, 2.45) is 0 Å². The van der Waals surface area contributed by atoms with Gasteiger partial charge in [0, 0.05) is 12.8 Å². The van der Waals surface area contributed by atoms with Crippen LogP contribution in [-0.4, -0.2) is 14.8 Å². The predicted octanol–water partition coefficient (Wildman–Crippen LogP) is 4.51. The van der Waals surface area contributed by atoms with Crippen LogP contribution in [0.2, 0.25) is 0 Å². The van der Waals surface area contributed by atoms with Crippen LogP contribution in [0.15, 0.2) is 61.2 Å². The standard InChI is InChI=1S/C21H23N3/c1-3-8-20-22-21(15-18-9-6-5-7-10-18)24(23-20)16-19-13-11-17(4-2)12-14-19/h4-7,9-14H,2-3,8,15-16H2,1H3. The largest absolute Gasteiger partial charge is 0.245 e. The van der Waals surface area contributed by atoms with Gasteiger partial charge in [-0.05, 0) is 23.1 Å². The molecule has 122 valence electrons. The van der Waals surface area contributed by atoms with Gasteiger partial charge in [-0.25, -0.2) is 9.67 Å². The highest BCUT2D eigenvalue weighted by Gasteiger charge is 2.11. The molecule has 0 spiro atoms. The fraction of sp³-hybridized carbons (Fsp3) is 0.238. The lowest BCUT2D eigenvalue weighted by molar-refractivity contribution is 0.638. The second-order valence-corrected chi connectivity index (χ2v) is 5.96. The third-order valence-electron chi connectivity index (χ3n) is 4.02. The Labute approximate surface area is 143 Å². The van der Waals surface area contributed by atoms with E-state index < -0.39 is 0 Å². The van der Waals surface area contributed by atoms with Crippen LogP contribution in [-0.2, 0) is 19.4 Å². The molecule has 2 aromatic carbocycles. The van der Waals surface area contributed by atoms with Crippen molar-refractivity contribution < 1.29 is 0 Å². The minimum Gasteiger partial charge on any atom is -0.245 e. The Morgan fingerprint density at radius 1 is 1.00 bits per heavy atom. The minimum absolute atomic E-state index is 0.746. The lowest BCUT2D eigenvalue weighted by atomic mass is 10.1. The van der Waals surface area contributed by atoms with Crippen LogP contribution in [0.25, 0.3) is 6.08 Å². The van der Waals surface area contributed by atoms with Gasteiger partial charge < -0.3 is 0 Å². The average Bonchev–Trinajstić information content (AvgIpc) is 2.98. The van der Waals surface area contributed by atoms with Gasteiger partial charge in [-0.1, -0.05) is 74.2 Å². The Hall–Kier alpha value is -2.68. The number of aryl methyl sites for hydroxylation is 1. The SMILES string of the molecule is C=Cc1ccc(Cn2nc(CCC)nc2Cc2ccccc2)cc1. The number of nitrogens with zero attached hydrogens (tertiary/aromatic N) is 3. The van der Waals surface area contributed by atoms with E-state index in [1.165, 1.54) is 11.1 Å². The van der Waals surface area contributed by atoms with Crippen molar-refractivity contribution >= 4 is 6.08 Å². The van der Waals surface area contributed by atoms with Gasteiger partial charge in [0.2, 0.25) is 0 Å². The monoisotopic (exact) mass is 317 g/mol. The van der Waals surface area contributed by atoms with E-state index in [-0.39, 0.29) is 0 Å². The number of hydrogen-bond donors (Lipinski definition) is 0. The topological polar surface area (TPSA) is 30.7 Å². The Kier molecular flexibility index (Phi) is 5.22. The Morgan fingerprint density at radius 3 is 2.42 bits per heavy atom. The highest BCUT2D eigenvalue weighted by molar-refractivity contribution is 5.47. The Bertz CT molecular complexity index is 786. The minimum atomic E-state index is 0.746. The second-order valence-electron chi connectivity index (χ2n) is 5.96. The molecule has 3 rings (SSSR count). The molecule has 3 aromatic rings. The normalized spacial score (nSPS) is 10.7. The molecule has 0 saturated carbocycles. The molecule has 0 atom stereocenters.